The molecule has 9 heteroatoms. The highest BCUT2D eigenvalue weighted by Gasteiger charge is 2.26. The van der Waals surface area contributed by atoms with Gasteiger partial charge in [0.2, 0.25) is 0 Å². The van der Waals surface area contributed by atoms with E-state index in [1.54, 1.807) is 0 Å². The second kappa shape index (κ2) is 6.78. The minimum Gasteiger partial charge on any atom is -0.478 e. The largest absolute Gasteiger partial charge is 0.478 e. The quantitative estimate of drug-likeness (QED) is 0.211. The van der Waals surface area contributed by atoms with Gasteiger partial charge in [-0.2, -0.15) is 0 Å². The van der Waals surface area contributed by atoms with Crippen LogP contribution >= 0.6 is 11.6 Å². The van der Waals surface area contributed by atoms with E-state index in [0.717, 1.165) is 6.07 Å². The van der Waals surface area contributed by atoms with Crippen LogP contribution in [0.4, 0.5) is 0 Å². The molecule has 0 saturated heterocycles. The summed E-state index contributed by atoms with van der Waals surface area (Å²) in [7, 11) is 0. The zero-order chi connectivity index (χ0) is 23.8. The minimum absolute atomic E-state index is 0.00416. The summed E-state index contributed by atoms with van der Waals surface area (Å²) in [5.74, 6) is -5.31. The van der Waals surface area contributed by atoms with Crippen LogP contribution in [0.2, 0.25) is 5.02 Å². The van der Waals surface area contributed by atoms with Crippen molar-refractivity contribution in [3.63, 3.8) is 0 Å². The summed E-state index contributed by atoms with van der Waals surface area (Å²) in [4.78, 5) is 47.7. The molecule has 162 valence electrons. The molecular formula is C24H11ClO8. The second-order valence-corrected chi connectivity index (χ2v) is 7.89. The van der Waals surface area contributed by atoms with Crippen LogP contribution in [0.15, 0.2) is 42.5 Å². The molecule has 0 bridgehead atoms. The van der Waals surface area contributed by atoms with Gasteiger partial charge in [0.1, 0.15) is 0 Å². The van der Waals surface area contributed by atoms with Crippen molar-refractivity contribution in [3.8, 4) is 0 Å². The van der Waals surface area contributed by atoms with Gasteiger partial charge < -0.3 is 20.4 Å². The van der Waals surface area contributed by atoms with Crippen LogP contribution < -0.4 is 0 Å². The van der Waals surface area contributed by atoms with E-state index in [1.807, 2.05) is 0 Å². The fourth-order valence-corrected chi connectivity index (χ4v) is 4.96. The van der Waals surface area contributed by atoms with Crippen molar-refractivity contribution < 1.29 is 39.6 Å². The molecule has 5 rings (SSSR count). The SMILES string of the molecule is O=C(O)c1ccc2c3ccc(C(=O)O)c4c(C(=O)O)cc(Cl)c(c5ccc(C(=O)O)c1c25)c43. The first-order valence-electron chi connectivity index (χ1n) is 9.46. The molecule has 0 radical (unpaired) electrons. The summed E-state index contributed by atoms with van der Waals surface area (Å²) in [6.07, 6.45) is 0. The van der Waals surface area contributed by atoms with Crippen molar-refractivity contribution in [2.75, 3.05) is 0 Å². The highest BCUT2D eigenvalue weighted by Crippen LogP contribution is 2.46. The first kappa shape index (κ1) is 20.5. The predicted octanol–water partition coefficient (Wildman–Crippen LogP) is 5.18. The second-order valence-electron chi connectivity index (χ2n) is 7.48. The van der Waals surface area contributed by atoms with Crippen molar-refractivity contribution in [1.82, 2.24) is 0 Å². The molecule has 0 aliphatic rings. The Hall–Kier alpha value is -4.43. The van der Waals surface area contributed by atoms with E-state index in [4.69, 9.17) is 11.6 Å². The number of fused-ring (bicyclic) bond motifs is 2. The van der Waals surface area contributed by atoms with Gasteiger partial charge in [-0.3, -0.25) is 0 Å². The van der Waals surface area contributed by atoms with E-state index in [0.29, 0.717) is 32.3 Å². The third-order valence-electron chi connectivity index (χ3n) is 5.88. The topological polar surface area (TPSA) is 149 Å². The summed E-state index contributed by atoms with van der Waals surface area (Å²) in [6, 6.07) is 9.42. The third kappa shape index (κ3) is 2.64. The van der Waals surface area contributed by atoms with Gasteiger partial charge in [0.15, 0.2) is 0 Å². The molecule has 0 saturated carbocycles. The molecule has 0 atom stereocenters. The van der Waals surface area contributed by atoms with Crippen LogP contribution in [0.3, 0.4) is 0 Å². The Labute approximate surface area is 188 Å². The summed E-state index contributed by atoms with van der Waals surface area (Å²) >= 11 is 6.50. The van der Waals surface area contributed by atoms with Crippen LogP contribution in [0.1, 0.15) is 41.4 Å². The van der Waals surface area contributed by atoms with E-state index in [9.17, 15) is 39.6 Å². The first-order chi connectivity index (χ1) is 15.6. The summed E-state index contributed by atoms with van der Waals surface area (Å²) in [5.41, 5.74) is -0.948. The number of hydrogen-bond donors (Lipinski definition) is 4. The van der Waals surface area contributed by atoms with Gasteiger partial charge in [0, 0.05) is 26.6 Å². The molecule has 33 heavy (non-hydrogen) atoms. The Morgan fingerprint density at radius 2 is 0.879 bits per heavy atom. The molecule has 5 aromatic rings. The Bertz CT molecular complexity index is 1710. The number of carboxylic acids is 4. The van der Waals surface area contributed by atoms with Crippen LogP contribution in [-0.4, -0.2) is 44.3 Å². The number of halogens is 1. The molecule has 0 spiro atoms. The maximum Gasteiger partial charge on any atom is 0.336 e. The minimum atomic E-state index is -1.36. The zero-order valence-corrected chi connectivity index (χ0v) is 17.1. The fourth-order valence-electron chi connectivity index (χ4n) is 4.65. The number of hydrogen-bond acceptors (Lipinski definition) is 4. The van der Waals surface area contributed by atoms with E-state index >= 15 is 0 Å². The van der Waals surface area contributed by atoms with E-state index < -0.39 is 23.9 Å². The van der Waals surface area contributed by atoms with E-state index in [-0.39, 0.29) is 38.0 Å². The molecule has 0 aliphatic heterocycles. The number of carboxylic acid groups (broad SMARTS) is 4. The standard InChI is InChI=1S/C24H11ClO8/c25-15-7-14(24(32)33)18-13(23(30)31)5-2-9-8-1-4-11(21(26)27)17-12(22(28)29)6-3-10(16(8)17)19(15)20(9)18/h1-7H,(H,26,27)(H,28,29)(H,30,31)(H,32,33). The van der Waals surface area contributed by atoms with Gasteiger partial charge in [-0.05, 0) is 45.8 Å². The van der Waals surface area contributed by atoms with E-state index in [2.05, 4.69) is 0 Å². The maximum atomic E-state index is 12.0. The van der Waals surface area contributed by atoms with Gasteiger partial charge in [-0.25, -0.2) is 19.2 Å². The summed E-state index contributed by atoms with van der Waals surface area (Å²) < 4.78 is 0. The molecule has 8 nitrogen and oxygen atoms in total. The maximum absolute atomic E-state index is 12.0. The molecule has 0 fully saturated rings. The van der Waals surface area contributed by atoms with Gasteiger partial charge in [0.25, 0.3) is 0 Å². The van der Waals surface area contributed by atoms with Crippen molar-refractivity contribution in [3.05, 3.63) is 69.7 Å². The lowest BCUT2D eigenvalue weighted by Crippen LogP contribution is -2.07. The molecule has 0 unspecified atom stereocenters. The van der Waals surface area contributed by atoms with Crippen molar-refractivity contribution in [2.45, 2.75) is 0 Å². The van der Waals surface area contributed by atoms with Crippen molar-refractivity contribution in [1.29, 1.82) is 0 Å². The highest BCUT2D eigenvalue weighted by atomic mass is 35.5. The normalized spacial score (nSPS) is 11.5. The smallest absolute Gasteiger partial charge is 0.336 e. The van der Waals surface area contributed by atoms with Gasteiger partial charge in [-0.1, -0.05) is 29.8 Å². The summed E-state index contributed by atoms with van der Waals surface area (Å²) in [6.45, 7) is 0. The lowest BCUT2D eigenvalue weighted by molar-refractivity contribution is 0.0681. The van der Waals surface area contributed by atoms with Crippen molar-refractivity contribution in [2.24, 2.45) is 0 Å². The third-order valence-corrected chi connectivity index (χ3v) is 6.17. The Kier molecular flexibility index (Phi) is 4.21. The number of aromatic carboxylic acids is 4. The molecule has 0 amide bonds. The number of benzene rings is 5. The lowest BCUT2D eigenvalue weighted by atomic mass is 9.84. The van der Waals surface area contributed by atoms with E-state index in [1.165, 1.54) is 36.4 Å². The van der Waals surface area contributed by atoms with Crippen molar-refractivity contribution >= 4 is 78.6 Å². The molecule has 4 N–H and O–H groups in total. The van der Waals surface area contributed by atoms with Crippen LogP contribution in [-0.2, 0) is 0 Å². The molecular weight excluding hydrogens is 452 g/mol. The molecule has 0 heterocycles. The molecule has 5 aromatic carbocycles. The average Bonchev–Trinajstić information content (AvgIpc) is 2.76. The first-order valence-corrected chi connectivity index (χ1v) is 9.84. The number of rotatable bonds is 4. The Balaban J connectivity index is 2.21. The summed E-state index contributed by atoms with van der Waals surface area (Å²) in [5, 5.41) is 41.1. The van der Waals surface area contributed by atoms with Gasteiger partial charge in [0.05, 0.1) is 22.3 Å². The lowest BCUT2D eigenvalue weighted by Gasteiger charge is -2.19. The highest BCUT2D eigenvalue weighted by molar-refractivity contribution is 6.45. The van der Waals surface area contributed by atoms with Crippen LogP contribution in [0.5, 0.6) is 0 Å². The Morgan fingerprint density at radius 3 is 1.33 bits per heavy atom. The predicted molar refractivity (Wildman–Crippen MR) is 120 cm³/mol. The zero-order valence-electron chi connectivity index (χ0n) is 16.3. The number of carbonyl (C=O) groups is 4. The average molecular weight is 463 g/mol. The van der Waals surface area contributed by atoms with Gasteiger partial charge >= 0.3 is 23.9 Å². The molecule has 0 aromatic heterocycles. The Morgan fingerprint density at radius 1 is 0.485 bits per heavy atom. The monoisotopic (exact) mass is 462 g/mol. The molecule has 0 aliphatic carbocycles. The van der Waals surface area contributed by atoms with Crippen LogP contribution in [0, 0.1) is 0 Å². The fraction of sp³-hybridized carbons (Fsp3) is 0. The van der Waals surface area contributed by atoms with Gasteiger partial charge in [-0.15, -0.1) is 0 Å². The van der Waals surface area contributed by atoms with Crippen LogP contribution in [0.25, 0.3) is 43.1 Å².